The maximum Gasteiger partial charge on any atom is 0.313 e. The van der Waals surface area contributed by atoms with Crippen molar-refractivity contribution >= 4 is 23.6 Å². The van der Waals surface area contributed by atoms with Crippen LogP contribution < -0.4 is 0 Å². The Balaban J connectivity index is 3.77. The van der Waals surface area contributed by atoms with Crippen molar-refractivity contribution < 1.29 is 19.4 Å². The normalized spacial score (nSPS) is 10.0. The Labute approximate surface area is 93.8 Å². The first-order valence-electron chi connectivity index (χ1n) is 4.68. The largest absolute Gasteiger partial charge is 0.481 e. The molecule has 0 unspecified atom stereocenters. The SMILES string of the molecule is CCN(CCOC)C(=O)CSCC(=O)O. The summed E-state index contributed by atoms with van der Waals surface area (Å²) in [5.74, 6) is -0.759. The minimum absolute atomic E-state index is 0.0342. The molecule has 0 aromatic heterocycles. The lowest BCUT2D eigenvalue weighted by Crippen LogP contribution is -2.35. The molecular weight excluding hydrogens is 218 g/mol. The lowest BCUT2D eigenvalue weighted by atomic mass is 10.5. The molecule has 6 heteroatoms. The second kappa shape index (κ2) is 8.55. The quantitative estimate of drug-likeness (QED) is 0.655. The summed E-state index contributed by atoms with van der Waals surface area (Å²) < 4.78 is 4.87. The predicted octanol–water partition coefficient (Wildman–Crippen LogP) is 0.299. The van der Waals surface area contributed by atoms with Crippen LogP contribution in [-0.4, -0.2) is 60.2 Å². The third kappa shape index (κ3) is 7.21. The highest BCUT2D eigenvalue weighted by Gasteiger charge is 2.11. The summed E-state index contributed by atoms with van der Waals surface area (Å²) >= 11 is 1.12. The standard InChI is InChI=1S/C9H17NO4S/c1-3-10(4-5-14-2)8(11)6-15-7-9(12)13/h3-7H2,1-2H3,(H,12,13). The van der Waals surface area contributed by atoms with Gasteiger partial charge in [0.1, 0.15) is 0 Å². The van der Waals surface area contributed by atoms with E-state index < -0.39 is 5.97 Å². The molecule has 1 amide bonds. The molecule has 0 radical (unpaired) electrons. The molecule has 0 saturated carbocycles. The van der Waals surface area contributed by atoms with Gasteiger partial charge in [-0.15, -0.1) is 11.8 Å². The Kier molecular flexibility index (Phi) is 8.12. The van der Waals surface area contributed by atoms with E-state index >= 15 is 0 Å². The number of hydrogen-bond donors (Lipinski definition) is 1. The number of hydrogen-bond acceptors (Lipinski definition) is 4. The Morgan fingerprint density at radius 3 is 2.53 bits per heavy atom. The van der Waals surface area contributed by atoms with Gasteiger partial charge in [0.2, 0.25) is 5.91 Å². The van der Waals surface area contributed by atoms with E-state index in [-0.39, 0.29) is 17.4 Å². The van der Waals surface area contributed by atoms with Crippen molar-refractivity contribution in [3.05, 3.63) is 0 Å². The molecule has 0 aromatic rings. The molecule has 0 fully saturated rings. The van der Waals surface area contributed by atoms with Crippen LogP contribution in [0.2, 0.25) is 0 Å². The van der Waals surface area contributed by atoms with E-state index in [4.69, 9.17) is 9.84 Å². The van der Waals surface area contributed by atoms with Crippen LogP contribution in [-0.2, 0) is 14.3 Å². The fourth-order valence-electron chi connectivity index (χ4n) is 0.978. The number of methoxy groups -OCH3 is 1. The molecule has 0 aliphatic heterocycles. The number of nitrogens with zero attached hydrogens (tertiary/aromatic N) is 1. The molecule has 0 aliphatic carbocycles. The van der Waals surface area contributed by atoms with Crippen LogP contribution in [0, 0.1) is 0 Å². The molecule has 15 heavy (non-hydrogen) atoms. The number of thioether (sulfide) groups is 1. The number of ether oxygens (including phenoxy) is 1. The third-order valence-corrected chi connectivity index (χ3v) is 2.65. The van der Waals surface area contributed by atoms with Crippen LogP contribution >= 0.6 is 11.8 Å². The average molecular weight is 235 g/mol. The van der Waals surface area contributed by atoms with Crippen LogP contribution in [0.25, 0.3) is 0 Å². The number of rotatable bonds is 8. The number of likely N-dealkylation sites (N-methyl/N-ethyl adjacent to an activating group) is 1. The van der Waals surface area contributed by atoms with E-state index in [2.05, 4.69) is 0 Å². The van der Waals surface area contributed by atoms with Gasteiger partial charge in [-0.05, 0) is 6.92 Å². The minimum atomic E-state index is -0.896. The number of amides is 1. The van der Waals surface area contributed by atoms with Gasteiger partial charge in [0.05, 0.1) is 18.1 Å². The number of carboxylic acids is 1. The molecule has 0 heterocycles. The second-order valence-electron chi connectivity index (χ2n) is 2.85. The molecule has 0 aromatic carbocycles. The zero-order valence-corrected chi connectivity index (χ0v) is 9.88. The van der Waals surface area contributed by atoms with Gasteiger partial charge in [0.15, 0.2) is 0 Å². The highest BCUT2D eigenvalue weighted by atomic mass is 32.2. The maximum absolute atomic E-state index is 11.5. The summed E-state index contributed by atoms with van der Waals surface area (Å²) in [5, 5.41) is 8.40. The summed E-state index contributed by atoms with van der Waals surface area (Å²) in [6, 6.07) is 0. The van der Waals surface area contributed by atoms with Gasteiger partial charge in [-0.2, -0.15) is 0 Å². The van der Waals surface area contributed by atoms with Crippen molar-refractivity contribution in [3.8, 4) is 0 Å². The van der Waals surface area contributed by atoms with Crippen molar-refractivity contribution in [2.45, 2.75) is 6.92 Å². The Bertz CT molecular complexity index is 210. The summed E-state index contributed by atoms with van der Waals surface area (Å²) in [6.07, 6.45) is 0. The second-order valence-corrected chi connectivity index (χ2v) is 3.84. The topological polar surface area (TPSA) is 66.8 Å². The molecule has 1 N–H and O–H groups in total. The number of carbonyl (C=O) groups is 2. The molecular formula is C9H17NO4S. The lowest BCUT2D eigenvalue weighted by Gasteiger charge is -2.19. The van der Waals surface area contributed by atoms with Gasteiger partial charge >= 0.3 is 5.97 Å². The van der Waals surface area contributed by atoms with Crippen molar-refractivity contribution in [2.24, 2.45) is 0 Å². The van der Waals surface area contributed by atoms with Gasteiger partial charge in [0, 0.05) is 20.2 Å². The van der Waals surface area contributed by atoms with Crippen molar-refractivity contribution in [1.29, 1.82) is 0 Å². The van der Waals surface area contributed by atoms with Crippen LogP contribution in [0.15, 0.2) is 0 Å². The van der Waals surface area contributed by atoms with E-state index in [1.54, 1.807) is 12.0 Å². The van der Waals surface area contributed by atoms with E-state index in [1.165, 1.54) is 0 Å². The lowest BCUT2D eigenvalue weighted by molar-refractivity contribution is -0.133. The summed E-state index contributed by atoms with van der Waals surface area (Å²) in [6.45, 7) is 3.56. The molecule has 0 spiro atoms. The van der Waals surface area contributed by atoms with Crippen LogP contribution in [0.5, 0.6) is 0 Å². The zero-order chi connectivity index (χ0) is 11.7. The van der Waals surface area contributed by atoms with E-state index in [0.717, 1.165) is 11.8 Å². The maximum atomic E-state index is 11.5. The smallest absolute Gasteiger partial charge is 0.313 e. The molecule has 0 aliphatic rings. The van der Waals surface area contributed by atoms with Gasteiger partial charge in [0.25, 0.3) is 0 Å². The van der Waals surface area contributed by atoms with E-state index in [9.17, 15) is 9.59 Å². The number of carbonyl (C=O) groups excluding carboxylic acids is 1. The van der Waals surface area contributed by atoms with E-state index in [0.29, 0.717) is 19.7 Å². The van der Waals surface area contributed by atoms with Gasteiger partial charge in [-0.25, -0.2) is 0 Å². The van der Waals surface area contributed by atoms with E-state index in [1.807, 2.05) is 6.92 Å². The number of carboxylic acid groups (broad SMARTS) is 1. The molecule has 0 bridgehead atoms. The highest BCUT2D eigenvalue weighted by molar-refractivity contribution is 8.00. The number of aliphatic carboxylic acids is 1. The molecule has 0 saturated heterocycles. The Morgan fingerprint density at radius 1 is 1.40 bits per heavy atom. The Hall–Kier alpha value is -0.750. The first-order chi connectivity index (χ1) is 7.11. The average Bonchev–Trinajstić information content (AvgIpc) is 2.18. The Morgan fingerprint density at radius 2 is 2.07 bits per heavy atom. The predicted molar refractivity (Wildman–Crippen MR) is 59.1 cm³/mol. The van der Waals surface area contributed by atoms with Crippen molar-refractivity contribution in [1.82, 2.24) is 4.90 Å². The molecule has 0 atom stereocenters. The highest BCUT2D eigenvalue weighted by Crippen LogP contribution is 2.02. The fourth-order valence-corrected chi connectivity index (χ4v) is 1.61. The van der Waals surface area contributed by atoms with Crippen molar-refractivity contribution in [3.63, 3.8) is 0 Å². The molecule has 0 rings (SSSR count). The monoisotopic (exact) mass is 235 g/mol. The van der Waals surface area contributed by atoms with Gasteiger partial charge < -0.3 is 14.7 Å². The molecule has 5 nitrogen and oxygen atoms in total. The van der Waals surface area contributed by atoms with Crippen LogP contribution in [0.3, 0.4) is 0 Å². The van der Waals surface area contributed by atoms with Crippen molar-refractivity contribution in [2.75, 3.05) is 38.3 Å². The molecule has 88 valence electrons. The summed E-state index contributed by atoms with van der Waals surface area (Å²) in [7, 11) is 1.58. The van der Waals surface area contributed by atoms with Crippen LogP contribution in [0.4, 0.5) is 0 Å². The zero-order valence-electron chi connectivity index (χ0n) is 9.06. The third-order valence-electron chi connectivity index (χ3n) is 1.75. The van der Waals surface area contributed by atoms with Gasteiger partial charge in [-0.1, -0.05) is 0 Å². The first kappa shape index (κ1) is 14.2. The summed E-state index contributed by atoms with van der Waals surface area (Å²) in [4.78, 5) is 23.4. The first-order valence-corrected chi connectivity index (χ1v) is 5.83. The van der Waals surface area contributed by atoms with Gasteiger partial charge in [-0.3, -0.25) is 9.59 Å². The summed E-state index contributed by atoms with van der Waals surface area (Å²) in [5.41, 5.74) is 0. The van der Waals surface area contributed by atoms with Crippen LogP contribution in [0.1, 0.15) is 6.92 Å². The minimum Gasteiger partial charge on any atom is -0.481 e. The fraction of sp³-hybridized carbons (Fsp3) is 0.778.